The molecule has 4 rings (SSSR count). The minimum Gasteiger partial charge on any atom is -0.497 e. The number of hydrogen-bond donors (Lipinski definition) is 0. The summed E-state index contributed by atoms with van der Waals surface area (Å²) in [5.74, 6) is 1.30. The summed E-state index contributed by atoms with van der Waals surface area (Å²) < 4.78 is 14.0. The van der Waals surface area contributed by atoms with Crippen LogP contribution in [0, 0.1) is 0 Å². The highest BCUT2D eigenvalue weighted by Crippen LogP contribution is 2.31. The molecule has 2 aromatic heterocycles. The van der Waals surface area contributed by atoms with Crippen molar-refractivity contribution in [3.05, 3.63) is 67.3 Å². The van der Waals surface area contributed by atoms with Gasteiger partial charge >= 0.3 is 0 Å². The first-order valence-corrected chi connectivity index (χ1v) is 10.4. The summed E-state index contributed by atoms with van der Waals surface area (Å²) in [6, 6.07) is 15.0. The van der Waals surface area contributed by atoms with Crippen molar-refractivity contribution in [2.45, 2.75) is 13.0 Å². The molecule has 0 aliphatic heterocycles. The Morgan fingerprint density at radius 3 is 2.74 bits per heavy atom. The number of nitrogens with zero attached hydrogens (tertiary/aromatic N) is 4. The Morgan fingerprint density at radius 1 is 1.16 bits per heavy atom. The Morgan fingerprint density at radius 2 is 2.00 bits per heavy atom. The predicted molar refractivity (Wildman–Crippen MR) is 125 cm³/mol. The number of hydrogen-bond acceptors (Lipinski definition) is 6. The molecule has 4 aromatic rings. The molecule has 0 aliphatic rings. The second kappa shape index (κ2) is 10.8. The van der Waals surface area contributed by atoms with E-state index >= 15 is 0 Å². The van der Waals surface area contributed by atoms with Crippen LogP contribution in [0.25, 0.3) is 10.2 Å². The zero-order valence-corrected chi connectivity index (χ0v) is 18.6. The molecule has 0 spiro atoms. The van der Waals surface area contributed by atoms with Crippen LogP contribution in [0.4, 0.5) is 5.13 Å². The van der Waals surface area contributed by atoms with Crippen LogP contribution >= 0.6 is 23.7 Å². The van der Waals surface area contributed by atoms with E-state index in [-0.39, 0.29) is 24.9 Å². The maximum atomic E-state index is 13.0. The van der Waals surface area contributed by atoms with Gasteiger partial charge in [0.15, 0.2) is 11.7 Å². The monoisotopic (exact) mass is 458 g/mol. The topological polar surface area (TPSA) is 69.5 Å². The quantitative estimate of drug-likeness (QED) is 0.371. The number of aryl methyl sites for hydroxylation is 1. The number of thiazole rings is 1. The predicted octanol–water partition coefficient (Wildman–Crippen LogP) is 4.43. The number of carbonyl (C=O) groups excluding carboxylic acids is 1. The van der Waals surface area contributed by atoms with Crippen molar-refractivity contribution < 1.29 is 14.3 Å². The SMILES string of the molecule is COc1ccc2nc(N(CCCn3ccnc3)C(=O)COc3ccccc3)sc2c1.Cl. The molecule has 0 N–H and O–H groups in total. The number of anilines is 1. The lowest BCUT2D eigenvalue weighted by Crippen LogP contribution is -2.36. The summed E-state index contributed by atoms with van der Waals surface area (Å²) in [4.78, 5) is 23.5. The number of halogens is 1. The van der Waals surface area contributed by atoms with Crippen LogP contribution < -0.4 is 14.4 Å². The van der Waals surface area contributed by atoms with E-state index in [0.717, 1.165) is 28.9 Å². The molecule has 0 unspecified atom stereocenters. The first-order valence-electron chi connectivity index (χ1n) is 9.61. The van der Waals surface area contributed by atoms with E-state index in [9.17, 15) is 4.79 Å². The van der Waals surface area contributed by atoms with E-state index in [0.29, 0.717) is 17.4 Å². The van der Waals surface area contributed by atoms with Crippen molar-refractivity contribution in [2.75, 3.05) is 25.2 Å². The number of fused-ring (bicyclic) bond motifs is 1. The molecule has 2 aromatic carbocycles. The summed E-state index contributed by atoms with van der Waals surface area (Å²) in [5, 5.41) is 0.658. The zero-order valence-electron chi connectivity index (χ0n) is 17.0. The maximum Gasteiger partial charge on any atom is 0.266 e. The fourth-order valence-corrected chi connectivity index (χ4v) is 4.07. The van der Waals surface area contributed by atoms with E-state index in [4.69, 9.17) is 9.47 Å². The number of ether oxygens (including phenoxy) is 2. The van der Waals surface area contributed by atoms with Gasteiger partial charge in [-0.2, -0.15) is 0 Å². The number of carbonyl (C=O) groups is 1. The van der Waals surface area contributed by atoms with E-state index < -0.39 is 0 Å². The molecule has 0 saturated carbocycles. The van der Waals surface area contributed by atoms with Gasteiger partial charge in [-0.3, -0.25) is 9.69 Å². The third-order valence-corrected chi connectivity index (χ3v) is 5.62. The average molecular weight is 459 g/mol. The minimum atomic E-state index is -0.129. The van der Waals surface area contributed by atoms with Crippen molar-refractivity contribution in [1.29, 1.82) is 0 Å². The standard InChI is InChI=1S/C22H22N4O3S.ClH/c1-28-18-8-9-19-20(14-18)30-22(24-19)26(12-5-11-25-13-10-23-16-25)21(27)15-29-17-6-3-2-4-7-17;/h2-4,6-10,13-14,16H,5,11-12,15H2,1H3;1H. The highest BCUT2D eigenvalue weighted by atomic mass is 35.5. The first-order chi connectivity index (χ1) is 14.7. The van der Waals surface area contributed by atoms with Crippen LogP contribution in [0.3, 0.4) is 0 Å². The number of benzene rings is 2. The van der Waals surface area contributed by atoms with Crippen molar-refractivity contribution in [3.8, 4) is 11.5 Å². The summed E-state index contributed by atoms with van der Waals surface area (Å²) >= 11 is 1.47. The molecule has 7 nitrogen and oxygen atoms in total. The van der Waals surface area contributed by atoms with Crippen molar-refractivity contribution in [3.63, 3.8) is 0 Å². The van der Waals surface area contributed by atoms with Crippen LogP contribution in [0.5, 0.6) is 11.5 Å². The molecule has 0 radical (unpaired) electrons. The lowest BCUT2D eigenvalue weighted by atomic mass is 10.3. The Bertz CT molecular complexity index is 1100. The number of amides is 1. The zero-order chi connectivity index (χ0) is 20.8. The van der Waals surface area contributed by atoms with Gasteiger partial charge in [-0.15, -0.1) is 12.4 Å². The molecule has 1 amide bonds. The molecule has 2 heterocycles. The number of imidazole rings is 1. The van der Waals surface area contributed by atoms with Crippen molar-refractivity contribution >= 4 is 45.0 Å². The van der Waals surface area contributed by atoms with Gasteiger partial charge < -0.3 is 14.0 Å². The van der Waals surface area contributed by atoms with Gasteiger partial charge in [0.05, 0.1) is 23.7 Å². The Balaban J connectivity index is 0.00000272. The Labute approximate surface area is 190 Å². The van der Waals surface area contributed by atoms with Crippen LogP contribution in [0.1, 0.15) is 6.42 Å². The van der Waals surface area contributed by atoms with Crippen LogP contribution in [0.15, 0.2) is 67.3 Å². The highest BCUT2D eigenvalue weighted by Gasteiger charge is 2.20. The summed E-state index contributed by atoms with van der Waals surface area (Å²) in [5.41, 5.74) is 0.840. The van der Waals surface area contributed by atoms with Gasteiger partial charge in [0, 0.05) is 25.5 Å². The van der Waals surface area contributed by atoms with Gasteiger partial charge in [0.25, 0.3) is 5.91 Å². The summed E-state index contributed by atoms with van der Waals surface area (Å²) in [6.07, 6.45) is 6.20. The van der Waals surface area contributed by atoms with Crippen LogP contribution in [-0.4, -0.2) is 40.7 Å². The fraction of sp³-hybridized carbons (Fsp3) is 0.227. The average Bonchev–Trinajstić information content (AvgIpc) is 3.44. The normalized spacial score (nSPS) is 10.5. The first kappa shape index (κ1) is 22.6. The molecule has 162 valence electrons. The summed E-state index contributed by atoms with van der Waals surface area (Å²) in [6.45, 7) is 1.25. The van der Waals surface area contributed by atoms with Crippen LogP contribution in [0.2, 0.25) is 0 Å². The van der Waals surface area contributed by atoms with Gasteiger partial charge in [-0.05, 0) is 36.8 Å². The molecular formula is C22H23ClN4O3S. The fourth-order valence-electron chi connectivity index (χ4n) is 3.03. The summed E-state index contributed by atoms with van der Waals surface area (Å²) in [7, 11) is 1.63. The van der Waals surface area contributed by atoms with Gasteiger partial charge in [0.2, 0.25) is 0 Å². The highest BCUT2D eigenvalue weighted by molar-refractivity contribution is 7.22. The molecule has 0 atom stereocenters. The van der Waals surface area contributed by atoms with Crippen molar-refractivity contribution in [2.24, 2.45) is 0 Å². The van der Waals surface area contributed by atoms with E-state index in [1.165, 1.54) is 11.3 Å². The number of para-hydroxylation sites is 1. The Kier molecular flexibility index (Phi) is 7.86. The molecule has 31 heavy (non-hydrogen) atoms. The second-order valence-electron chi connectivity index (χ2n) is 6.63. The molecule has 0 aliphatic carbocycles. The minimum absolute atomic E-state index is 0. The largest absolute Gasteiger partial charge is 0.497 e. The number of rotatable bonds is 9. The van der Waals surface area contributed by atoms with E-state index in [1.54, 1.807) is 24.5 Å². The second-order valence-corrected chi connectivity index (χ2v) is 7.64. The van der Waals surface area contributed by atoms with Crippen molar-refractivity contribution in [1.82, 2.24) is 14.5 Å². The maximum absolute atomic E-state index is 13.0. The smallest absolute Gasteiger partial charge is 0.266 e. The molecule has 0 bridgehead atoms. The third kappa shape index (κ3) is 5.74. The van der Waals surface area contributed by atoms with E-state index in [1.807, 2.05) is 59.3 Å². The molecule has 0 saturated heterocycles. The van der Waals surface area contributed by atoms with Gasteiger partial charge in [0.1, 0.15) is 11.5 Å². The lowest BCUT2D eigenvalue weighted by molar-refractivity contribution is -0.120. The van der Waals surface area contributed by atoms with Gasteiger partial charge in [-0.25, -0.2) is 9.97 Å². The third-order valence-electron chi connectivity index (χ3n) is 4.58. The number of methoxy groups -OCH3 is 1. The van der Waals surface area contributed by atoms with E-state index in [2.05, 4.69) is 9.97 Å². The molecular weight excluding hydrogens is 436 g/mol. The van der Waals surface area contributed by atoms with Gasteiger partial charge in [-0.1, -0.05) is 29.5 Å². The molecule has 9 heteroatoms. The van der Waals surface area contributed by atoms with Crippen LogP contribution in [-0.2, 0) is 11.3 Å². The number of aromatic nitrogens is 3. The molecule has 0 fully saturated rings. The Hall–Kier alpha value is -3.10. The lowest BCUT2D eigenvalue weighted by Gasteiger charge is -2.20.